The maximum atomic E-state index is 5.06. The average Bonchev–Trinajstić information content (AvgIpc) is 3.23. The van der Waals surface area contributed by atoms with E-state index in [1.807, 2.05) is 36.4 Å². The summed E-state index contributed by atoms with van der Waals surface area (Å²) < 4.78 is 0. The van der Waals surface area contributed by atoms with Crippen LogP contribution in [0.25, 0.3) is 99.5 Å². The number of hydrogen-bond acceptors (Lipinski definition) is 3. The first-order valence-electron chi connectivity index (χ1n) is 17.6. The van der Waals surface area contributed by atoms with Crippen molar-refractivity contribution in [3.63, 3.8) is 0 Å². The van der Waals surface area contributed by atoms with Gasteiger partial charge in [0.25, 0.3) is 0 Å². The molecule has 0 radical (unpaired) electrons. The van der Waals surface area contributed by atoms with E-state index in [1.165, 1.54) is 48.7 Å². The summed E-state index contributed by atoms with van der Waals surface area (Å²) in [5.74, 6) is 1.93. The lowest BCUT2D eigenvalue weighted by atomic mass is 9.89. The zero-order valence-electron chi connectivity index (χ0n) is 28.2. The van der Waals surface area contributed by atoms with Gasteiger partial charge in [-0.1, -0.05) is 182 Å². The van der Waals surface area contributed by atoms with E-state index in [-0.39, 0.29) is 0 Å². The van der Waals surface area contributed by atoms with E-state index in [9.17, 15) is 0 Å². The van der Waals surface area contributed by atoms with Gasteiger partial charge in [0.05, 0.1) is 0 Å². The first-order chi connectivity index (χ1) is 25.8. The molecule has 10 aromatic rings. The highest BCUT2D eigenvalue weighted by atomic mass is 15.0. The van der Waals surface area contributed by atoms with E-state index in [0.29, 0.717) is 17.5 Å². The first-order valence-corrected chi connectivity index (χ1v) is 17.6. The summed E-state index contributed by atoms with van der Waals surface area (Å²) in [6.45, 7) is 0. The van der Waals surface area contributed by atoms with Crippen LogP contribution in [0.2, 0.25) is 0 Å². The Morgan fingerprint density at radius 1 is 0.250 bits per heavy atom. The monoisotopic (exact) mass is 661 g/mol. The van der Waals surface area contributed by atoms with Crippen molar-refractivity contribution in [2.45, 2.75) is 0 Å². The number of benzene rings is 9. The fraction of sp³-hybridized carbons (Fsp3) is 0. The number of rotatable bonds is 5. The summed E-state index contributed by atoms with van der Waals surface area (Å²) in [6.07, 6.45) is 0. The van der Waals surface area contributed by atoms with Crippen LogP contribution in [-0.4, -0.2) is 15.0 Å². The highest BCUT2D eigenvalue weighted by Crippen LogP contribution is 2.40. The molecule has 3 heteroatoms. The van der Waals surface area contributed by atoms with Crippen molar-refractivity contribution >= 4 is 43.1 Å². The predicted octanol–water partition coefficient (Wildman–Crippen LogP) is 12.8. The van der Waals surface area contributed by atoms with Gasteiger partial charge in [0.1, 0.15) is 0 Å². The molecule has 0 aliphatic rings. The van der Waals surface area contributed by atoms with Crippen LogP contribution in [0.3, 0.4) is 0 Å². The molecule has 1 aromatic heterocycles. The van der Waals surface area contributed by atoms with Crippen LogP contribution in [0.1, 0.15) is 0 Å². The third kappa shape index (κ3) is 5.19. The summed E-state index contributed by atoms with van der Waals surface area (Å²) in [7, 11) is 0. The van der Waals surface area contributed by atoms with Gasteiger partial charge in [0.2, 0.25) is 0 Å². The lowest BCUT2D eigenvalue weighted by Crippen LogP contribution is -2.00. The van der Waals surface area contributed by atoms with E-state index >= 15 is 0 Å². The molecule has 0 fully saturated rings. The minimum atomic E-state index is 0.641. The summed E-state index contributed by atoms with van der Waals surface area (Å²) in [4.78, 5) is 15.1. The Bertz CT molecular complexity index is 2930. The number of nitrogens with zero attached hydrogens (tertiary/aromatic N) is 3. The van der Waals surface area contributed by atoms with Crippen LogP contribution in [-0.2, 0) is 0 Å². The molecular weight excluding hydrogens is 631 g/mol. The molecule has 52 heavy (non-hydrogen) atoms. The number of fused-ring (bicyclic) bond motifs is 7. The van der Waals surface area contributed by atoms with Gasteiger partial charge >= 0.3 is 0 Å². The van der Waals surface area contributed by atoms with Crippen molar-refractivity contribution < 1.29 is 0 Å². The first kappa shape index (κ1) is 29.9. The highest BCUT2D eigenvalue weighted by molar-refractivity contribution is 6.27. The van der Waals surface area contributed by atoms with Gasteiger partial charge in [0.15, 0.2) is 17.5 Å². The SMILES string of the molecule is c1ccc(-c2cccc(-c3nc(-c4ccccc4)nc(-c4ccc(-c5cccc6ccc7ccc8c9ccccc9ccc8c7c56)cc4)n3)c2)cc1. The van der Waals surface area contributed by atoms with Crippen LogP contribution >= 0.6 is 0 Å². The maximum absolute atomic E-state index is 5.06. The van der Waals surface area contributed by atoms with Crippen molar-refractivity contribution in [1.82, 2.24) is 15.0 Å². The Kier molecular flexibility index (Phi) is 7.14. The molecule has 3 nitrogen and oxygen atoms in total. The quantitative estimate of drug-likeness (QED) is 0.172. The van der Waals surface area contributed by atoms with Crippen molar-refractivity contribution in [2.24, 2.45) is 0 Å². The van der Waals surface area contributed by atoms with E-state index in [1.54, 1.807) is 0 Å². The van der Waals surface area contributed by atoms with Gasteiger partial charge in [0, 0.05) is 16.7 Å². The maximum Gasteiger partial charge on any atom is 0.164 e. The molecule has 0 atom stereocenters. The largest absolute Gasteiger partial charge is 0.208 e. The Hall–Kier alpha value is -6.97. The van der Waals surface area contributed by atoms with Crippen LogP contribution in [0.5, 0.6) is 0 Å². The van der Waals surface area contributed by atoms with Crippen molar-refractivity contribution in [2.75, 3.05) is 0 Å². The van der Waals surface area contributed by atoms with Crippen LogP contribution in [0.15, 0.2) is 188 Å². The molecule has 0 bridgehead atoms. The number of aromatic nitrogens is 3. The van der Waals surface area contributed by atoms with Gasteiger partial charge in [-0.25, -0.2) is 15.0 Å². The number of hydrogen-bond donors (Lipinski definition) is 0. The van der Waals surface area contributed by atoms with E-state index < -0.39 is 0 Å². The average molecular weight is 662 g/mol. The minimum Gasteiger partial charge on any atom is -0.208 e. The van der Waals surface area contributed by atoms with Crippen LogP contribution < -0.4 is 0 Å². The third-order valence-corrected chi connectivity index (χ3v) is 10.1. The van der Waals surface area contributed by atoms with E-state index in [0.717, 1.165) is 33.4 Å². The van der Waals surface area contributed by atoms with Gasteiger partial charge in [-0.2, -0.15) is 0 Å². The second-order valence-electron chi connectivity index (χ2n) is 13.2. The Labute approximate surface area is 301 Å². The lowest BCUT2D eigenvalue weighted by Gasteiger charge is -2.14. The van der Waals surface area contributed by atoms with Gasteiger partial charge in [-0.15, -0.1) is 0 Å². The van der Waals surface area contributed by atoms with Gasteiger partial charge in [-0.3, -0.25) is 0 Å². The van der Waals surface area contributed by atoms with Crippen molar-refractivity contribution in [3.05, 3.63) is 188 Å². The van der Waals surface area contributed by atoms with Crippen molar-refractivity contribution in [1.29, 1.82) is 0 Å². The van der Waals surface area contributed by atoms with Crippen LogP contribution in [0.4, 0.5) is 0 Å². The Balaban J connectivity index is 1.11. The minimum absolute atomic E-state index is 0.641. The molecule has 242 valence electrons. The second kappa shape index (κ2) is 12.4. The highest BCUT2D eigenvalue weighted by Gasteiger charge is 2.15. The van der Waals surface area contributed by atoms with E-state index in [2.05, 4.69) is 152 Å². The normalized spacial score (nSPS) is 11.5. The molecule has 0 spiro atoms. The second-order valence-corrected chi connectivity index (χ2v) is 13.2. The fourth-order valence-corrected chi connectivity index (χ4v) is 7.55. The lowest BCUT2D eigenvalue weighted by molar-refractivity contribution is 1.07. The summed E-state index contributed by atoms with van der Waals surface area (Å²) in [5, 5.41) is 10.1. The molecule has 9 aromatic carbocycles. The summed E-state index contributed by atoms with van der Waals surface area (Å²) in [5.41, 5.74) is 7.45. The molecule has 0 saturated heterocycles. The fourth-order valence-electron chi connectivity index (χ4n) is 7.55. The molecule has 0 N–H and O–H groups in total. The molecule has 0 saturated carbocycles. The molecule has 0 amide bonds. The smallest absolute Gasteiger partial charge is 0.164 e. The topological polar surface area (TPSA) is 38.7 Å². The van der Waals surface area contributed by atoms with Crippen LogP contribution in [0, 0.1) is 0 Å². The molecule has 0 aliphatic carbocycles. The predicted molar refractivity (Wildman–Crippen MR) is 217 cm³/mol. The van der Waals surface area contributed by atoms with E-state index in [4.69, 9.17) is 15.0 Å². The molecule has 0 aliphatic heterocycles. The molecule has 10 rings (SSSR count). The summed E-state index contributed by atoms with van der Waals surface area (Å²) >= 11 is 0. The third-order valence-electron chi connectivity index (χ3n) is 10.1. The zero-order chi connectivity index (χ0) is 34.4. The Morgan fingerprint density at radius 2 is 0.750 bits per heavy atom. The Morgan fingerprint density at radius 3 is 1.52 bits per heavy atom. The van der Waals surface area contributed by atoms with Gasteiger partial charge < -0.3 is 0 Å². The summed E-state index contributed by atoms with van der Waals surface area (Å²) in [6, 6.07) is 66.5. The zero-order valence-corrected chi connectivity index (χ0v) is 28.2. The van der Waals surface area contributed by atoms with Gasteiger partial charge in [-0.05, 0) is 71.4 Å². The molecular formula is C49H31N3. The molecule has 1 heterocycles. The standard InChI is InChI=1S/C49H31N3/c1-3-11-32(12-4-1)39-17-9-18-40(31-39)49-51-47(37-14-5-2-6-15-37)50-48(52-49)38-25-21-34(22-26-38)42-20-10-16-35-23-24-36-28-29-43-41-19-8-7-13-33(41)27-30-44(43)46(36)45(35)42/h1-31H. The van der Waals surface area contributed by atoms with Crippen molar-refractivity contribution in [3.8, 4) is 56.4 Å². The molecule has 0 unspecified atom stereocenters.